The van der Waals surface area contributed by atoms with Gasteiger partial charge in [-0.15, -0.1) is 0 Å². The summed E-state index contributed by atoms with van der Waals surface area (Å²) >= 11 is 5.93. The number of carbonyl (C=O) groups is 2. The molecule has 0 spiro atoms. The van der Waals surface area contributed by atoms with E-state index in [2.05, 4.69) is 0 Å². The van der Waals surface area contributed by atoms with Crippen molar-refractivity contribution in [3.05, 3.63) is 75.3 Å². The van der Waals surface area contributed by atoms with Gasteiger partial charge >= 0.3 is 0 Å². The lowest BCUT2D eigenvalue weighted by Crippen LogP contribution is -2.44. The zero-order valence-electron chi connectivity index (χ0n) is 19.3. The van der Waals surface area contributed by atoms with E-state index in [1.54, 1.807) is 43.3 Å². The smallest absolute Gasteiger partial charge is 0.271 e. The molecule has 1 heterocycles. The van der Waals surface area contributed by atoms with E-state index in [0.717, 1.165) is 10.5 Å². The number of hydrogen-bond acceptors (Lipinski definition) is 6. The molecule has 34 heavy (non-hydrogen) atoms. The molecule has 0 bridgehead atoms. The van der Waals surface area contributed by atoms with Gasteiger partial charge in [-0.25, -0.2) is 0 Å². The Bertz CT molecular complexity index is 1180. The van der Waals surface area contributed by atoms with Crippen LogP contribution in [-0.4, -0.2) is 43.6 Å². The van der Waals surface area contributed by atoms with Crippen molar-refractivity contribution in [1.82, 2.24) is 4.90 Å². The van der Waals surface area contributed by atoms with Crippen LogP contribution < -0.4 is 9.47 Å². The predicted octanol–water partition coefficient (Wildman–Crippen LogP) is 4.56. The minimum absolute atomic E-state index is 0.0603. The van der Waals surface area contributed by atoms with E-state index in [9.17, 15) is 14.9 Å². The molecule has 176 valence electrons. The highest BCUT2D eigenvalue weighted by Crippen LogP contribution is 2.32. The van der Waals surface area contributed by atoms with Crippen molar-refractivity contribution in [2.45, 2.75) is 20.5 Å². The number of amides is 2. The number of methoxy groups -OCH3 is 1. The average molecular weight is 481 g/mol. The zero-order chi connectivity index (χ0) is 24.7. The first-order chi connectivity index (χ1) is 16.4. The standard InChI is InChI=1S/C26H25ClN2O5/c1-4-33-24-14-19(7-10-23(24)34-16-18-5-8-20(27)9-6-18)13-21-17(2)22(15-28)26(31)29(25(21)30)11-12-32-3/h5-10,13-14H,4,11-12,16H2,1-3H3/b21-13+. The second-order valence-corrected chi connectivity index (χ2v) is 7.92. The van der Waals surface area contributed by atoms with E-state index in [1.165, 1.54) is 7.11 Å². The van der Waals surface area contributed by atoms with E-state index in [-0.39, 0.29) is 24.3 Å². The monoisotopic (exact) mass is 480 g/mol. The minimum Gasteiger partial charge on any atom is -0.490 e. The summed E-state index contributed by atoms with van der Waals surface area (Å²) in [5, 5.41) is 10.1. The molecule has 0 fully saturated rings. The van der Waals surface area contributed by atoms with E-state index in [1.807, 2.05) is 25.1 Å². The van der Waals surface area contributed by atoms with Gasteiger partial charge in [0.25, 0.3) is 11.8 Å². The van der Waals surface area contributed by atoms with Gasteiger partial charge in [0.15, 0.2) is 11.5 Å². The zero-order valence-corrected chi connectivity index (χ0v) is 20.0. The molecule has 1 aliphatic rings. The fourth-order valence-corrected chi connectivity index (χ4v) is 3.55. The van der Waals surface area contributed by atoms with Crippen LogP contribution in [0.1, 0.15) is 25.0 Å². The maximum absolute atomic E-state index is 13.1. The van der Waals surface area contributed by atoms with Crippen molar-refractivity contribution in [1.29, 1.82) is 5.26 Å². The third-order valence-electron chi connectivity index (χ3n) is 5.23. The summed E-state index contributed by atoms with van der Waals surface area (Å²) in [6.45, 7) is 4.46. The molecule has 0 radical (unpaired) electrons. The van der Waals surface area contributed by atoms with Crippen molar-refractivity contribution in [3.63, 3.8) is 0 Å². The lowest BCUT2D eigenvalue weighted by Gasteiger charge is -2.27. The Morgan fingerprint density at radius 3 is 2.44 bits per heavy atom. The number of hydrogen-bond donors (Lipinski definition) is 0. The fraction of sp³-hybridized carbons (Fsp3) is 0.269. The van der Waals surface area contributed by atoms with E-state index in [4.69, 9.17) is 25.8 Å². The van der Waals surface area contributed by atoms with Crippen LogP contribution in [0.15, 0.2) is 59.2 Å². The van der Waals surface area contributed by atoms with Crippen LogP contribution in [0.3, 0.4) is 0 Å². The van der Waals surface area contributed by atoms with Gasteiger partial charge in [0.1, 0.15) is 18.2 Å². The molecule has 0 aliphatic carbocycles. The summed E-state index contributed by atoms with van der Waals surface area (Å²) < 4.78 is 16.7. The summed E-state index contributed by atoms with van der Waals surface area (Å²) in [5.74, 6) is -0.0148. The lowest BCUT2D eigenvalue weighted by atomic mass is 9.93. The molecule has 1 aliphatic heterocycles. The van der Waals surface area contributed by atoms with Gasteiger partial charge in [-0.05, 0) is 60.9 Å². The van der Waals surface area contributed by atoms with Crippen molar-refractivity contribution in [2.24, 2.45) is 0 Å². The van der Waals surface area contributed by atoms with Crippen LogP contribution in [0.2, 0.25) is 5.02 Å². The molecular formula is C26H25ClN2O5. The average Bonchev–Trinajstić information content (AvgIpc) is 2.83. The Hall–Kier alpha value is -3.60. The van der Waals surface area contributed by atoms with Crippen molar-refractivity contribution >= 4 is 29.5 Å². The summed E-state index contributed by atoms with van der Waals surface area (Å²) in [7, 11) is 1.48. The second kappa shape index (κ2) is 11.5. The SMILES string of the molecule is CCOc1cc(/C=C2/C(=O)N(CCOC)C(=O)C(C#N)=C2C)ccc1OCc1ccc(Cl)cc1. The van der Waals surface area contributed by atoms with E-state index in [0.29, 0.717) is 40.9 Å². The molecule has 8 heteroatoms. The maximum atomic E-state index is 13.1. The molecule has 2 amide bonds. The van der Waals surface area contributed by atoms with Gasteiger partial charge < -0.3 is 14.2 Å². The van der Waals surface area contributed by atoms with Crippen LogP contribution in [0.4, 0.5) is 0 Å². The van der Waals surface area contributed by atoms with Gasteiger partial charge in [-0.3, -0.25) is 14.5 Å². The van der Waals surface area contributed by atoms with Gasteiger partial charge in [0.05, 0.1) is 19.8 Å². The van der Waals surface area contributed by atoms with Crippen LogP contribution in [-0.2, 0) is 20.9 Å². The summed E-state index contributed by atoms with van der Waals surface area (Å²) in [6, 6.07) is 14.6. The quantitative estimate of drug-likeness (QED) is 0.386. The van der Waals surface area contributed by atoms with Gasteiger partial charge in [-0.2, -0.15) is 5.26 Å². The Balaban J connectivity index is 1.92. The van der Waals surface area contributed by atoms with Crippen LogP contribution in [0.5, 0.6) is 11.5 Å². The highest BCUT2D eigenvalue weighted by Gasteiger charge is 2.35. The number of nitrogens with zero attached hydrogens (tertiary/aromatic N) is 2. The third kappa shape index (κ3) is 5.66. The number of benzene rings is 2. The number of imide groups is 1. The highest BCUT2D eigenvalue weighted by atomic mass is 35.5. The number of ether oxygens (including phenoxy) is 3. The third-order valence-corrected chi connectivity index (χ3v) is 5.48. The largest absolute Gasteiger partial charge is 0.490 e. The predicted molar refractivity (Wildman–Crippen MR) is 128 cm³/mol. The van der Waals surface area contributed by atoms with Crippen LogP contribution in [0, 0.1) is 11.3 Å². The summed E-state index contributed by atoms with van der Waals surface area (Å²) in [6.07, 6.45) is 1.65. The van der Waals surface area contributed by atoms with E-state index >= 15 is 0 Å². The number of carbonyl (C=O) groups excluding carboxylic acids is 2. The van der Waals surface area contributed by atoms with Gasteiger partial charge in [-0.1, -0.05) is 29.8 Å². The Kier molecular flexibility index (Phi) is 8.47. The van der Waals surface area contributed by atoms with Crippen LogP contribution >= 0.6 is 11.6 Å². The topological polar surface area (TPSA) is 88.9 Å². The van der Waals surface area contributed by atoms with Crippen LogP contribution in [0.25, 0.3) is 6.08 Å². The molecule has 7 nitrogen and oxygen atoms in total. The molecular weight excluding hydrogens is 456 g/mol. The maximum Gasteiger partial charge on any atom is 0.271 e. The second-order valence-electron chi connectivity index (χ2n) is 7.48. The highest BCUT2D eigenvalue weighted by molar-refractivity contribution is 6.30. The lowest BCUT2D eigenvalue weighted by molar-refractivity contribution is -0.141. The summed E-state index contributed by atoms with van der Waals surface area (Å²) in [5.41, 5.74) is 2.17. The number of rotatable bonds is 9. The molecule has 0 unspecified atom stereocenters. The van der Waals surface area contributed by atoms with Crippen molar-refractivity contribution in [2.75, 3.05) is 26.9 Å². The Labute approximate surface area is 203 Å². The first kappa shape index (κ1) is 25.0. The Morgan fingerprint density at radius 1 is 1.06 bits per heavy atom. The molecule has 0 saturated carbocycles. The minimum atomic E-state index is -0.611. The normalized spacial score (nSPS) is 15.0. The van der Waals surface area contributed by atoms with Crippen molar-refractivity contribution in [3.8, 4) is 17.6 Å². The first-order valence-corrected chi connectivity index (χ1v) is 11.1. The molecule has 0 N–H and O–H groups in total. The molecule has 0 aromatic heterocycles. The van der Waals surface area contributed by atoms with E-state index < -0.39 is 11.8 Å². The number of nitriles is 1. The van der Waals surface area contributed by atoms with Gasteiger partial charge in [0, 0.05) is 17.7 Å². The Morgan fingerprint density at radius 2 is 1.79 bits per heavy atom. The molecule has 2 aromatic carbocycles. The summed E-state index contributed by atoms with van der Waals surface area (Å²) in [4.78, 5) is 26.7. The number of halogens is 1. The fourth-order valence-electron chi connectivity index (χ4n) is 3.43. The molecule has 2 aromatic rings. The van der Waals surface area contributed by atoms with Crippen molar-refractivity contribution < 1.29 is 23.8 Å². The van der Waals surface area contributed by atoms with Gasteiger partial charge in [0.2, 0.25) is 0 Å². The molecule has 3 rings (SSSR count). The molecule has 0 saturated heterocycles. The first-order valence-electron chi connectivity index (χ1n) is 10.7. The molecule has 0 atom stereocenters.